The van der Waals surface area contributed by atoms with Crippen molar-refractivity contribution in [2.75, 3.05) is 7.11 Å². The van der Waals surface area contributed by atoms with Crippen molar-refractivity contribution >= 4 is 5.97 Å². The van der Waals surface area contributed by atoms with E-state index < -0.39 is 11.4 Å². The van der Waals surface area contributed by atoms with Crippen LogP contribution < -0.4 is 4.74 Å². The molecule has 0 atom stereocenters. The maximum atomic E-state index is 11.2. The van der Waals surface area contributed by atoms with Crippen LogP contribution in [-0.4, -0.2) is 28.2 Å². The summed E-state index contributed by atoms with van der Waals surface area (Å²) in [5, 5.41) is 9.18. The average molecular weight is 208 g/mol. The number of hydrogen-bond donors (Lipinski definition) is 1. The predicted molar refractivity (Wildman–Crippen MR) is 51.7 cm³/mol. The van der Waals surface area contributed by atoms with Gasteiger partial charge < -0.3 is 9.84 Å². The summed E-state index contributed by atoms with van der Waals surface area (Å²) in [4.78, 5) is 19.3. The van der Waals surface area contributed by atoms with E-state index in [1.807, 2.05) is 0 Å². The molecule has 1 N–H and O–H groups in total. The van der Waals surface area contributed by atoms with Crippen LogP contribution in [0, 0.1) is 0 Å². The fourth-order valence-electron chi connectivity index (χ4n) is 1.75. The van der Waals surface area contributed by atoms with Gasteiger partial charge in [0.1, 0.15) is 11.2 Å². The summed E-state index contributed by atoms with van der Waals surface area (Å²) in [6.07, 6.45) is 3.65. The first-order valence-electron chi connectivity index (χ1n) is 4.80. The SMILES string of the molecule is COc1ccnc(C2(C(=O)O)CCC2)n1. The molecule has 0 aromatic carbocycles. The van der Waals surface area contributed by atoms with E-state index >= 15 is 0 Å². The molecule has 1 aromatic rings. The van der Waals surface area contributed by atoms with Crippen LogP contribution in [0.25, 0.3) is 0 Å². The maximum Gasteiger partial charge on any atom is 0.317 e. The monoisotopic (exact) mass is 208 g/mol. The number of aromatic nitrogens is 2. The van der Waals surface area contributed by atoms with Crippen LogP contribution in [-0.2, 0) is 10.2 Å². The van der Waals surface area contributed by atoms with Gasteiger partial charge >= 0.3 is 5.97 Å². The molecule has 0 unspecified atom stereocenters. The lowest BCUT2D eigenvalue weighted by Crippen LogP contribution is -2.43. The number of carboxylic acids is 1. The van der Waals surface area contributed by atoms with Crippen LogP contribution >= 0.6 is 0 Å². The molecule has 5 nitrogen and oxygen atoms in total. The molecule has 0 radical (unpaired) electrons. The molecule has 0 aliphatic heterocycles. The van der Waals surface area contributed by atoms with Gasteiger partial charge in [-0.05, 0) is 12.8 Å². The zero-order valence-electron chi connectivity index (χ0n) is 8.43. The molecule has 1 aromatic heterocycles. The zero-order chi connectivity index (χ0) is 10.9. The summed E-state index contributed by atoms with van der Waals surface area (Å²) in [5.74, 6) is -0.0740. The largest absolute Gasteiger partial charge is 0.481 e. The summed E-state index contributed by atoms with van der Waals surface area (Å²) in [6.45, 7) is 0. The first-order chi connectivity index (χ1) is 7.19. The van der Waals surface area contributed by atoms with Gasteiger partial charge in [0.25, 0.3) is 0 Å². The lowest BCUT2D eigenvalue weighted by atomic mass is 9.68. The van der Waals surface area contributed by atoms with Crippen molar-refractivity contribution < 1.29 is 14.6 Å². The van der Waals surface area contributed by atoms with Crippen molar-refractivity contribution in [3.63, 3.8) is 0 Å². The van der Waals surface area contributed by atoms with Gasteiger partial charge in [0.2, 0.25) is 5.88 Å². The van der Waals surface area contributed by atoms with Gasteiger partial charge in [0.15, 0.2) is 0 Å². The van der Waals surface area contributed by atoms with Gasteiger partial charge in [-0.2, -0.15) is 4.98 Å². The quantitative estimate of drug-likeness (QED) is 0.801. The standard InChI is InChI=1S/C10H12N2O3/c1-15-7-3-6-11-8(12-7)10(9(13)14)4-2-5-10/h3,6H,2,4-5H2,1H3,(H,13,14). The van der Waals surface area contributed by atoms with E-state index in [1.165, 1.54) is 13.3 Å². The summed E-state index contributed by atoms with van der Waals surface area (Å²) in [5.41, 5.74) is -0.880. The van der Waals surface area contributed by atoms with Crippen LogP contribution in [0.15, 0.2) is 12.3 Å². The number of hydrogen-bond acceptors (Lipinski definition) is 4. The molecule has 0 spiro atoms. The molecule has 0 saturated heterocycles. The Kier molecular flexibility index (Phi) is 2.30. The van der Waals surface area contributed by atoms with E-state index in [9.17, 15) is 9.90 Å². The van der Waals surface area contributed by atoms with Gasteiger partial charge in [-0.25, -0.2) is 4.98 Å². The molecule has 1 heterocycles. The van der Waals surface area contributed by atoms with Gasteiger partial charge in [-0.3, -0.25) is 4.79 Å². The molecule has 0 amide bonds. The van der Waals surface area contributed by atoms with Gasteiger partial charge in [0.05, 0.1) is 7.11 Å². The lowest BCUT2D eigenvalue weighted by Gasteiger charge is -2.35. The van der Waals surface area contributed by atoms with E-state index in [0.29, 0.717) is 24.5 Å². The highest BCUT2D eigenvalue weighted by atomic mass is 16.5. The minimum atomic E-state index is -0.880. The minimum Gasteiger partial charge on any atom is -0.481 e. The van der Waals surface area contributed by atoms with Crippen LogP contribution in [0.4, 0.5) is 0 Å². The summed E-state index contributed by atoms with van der Waals surface area (Å²) >= 11 is 0. The van der Waals surface area contributed by atoms with Crippen molar-refractivity contribution in [2.45, 2.75) is 24.7 Å². The van der Waals surface area contributed by atoms with E-state index in [4.69, 9.17) is 4.74 Å². The Morgan fingerprint density at radius 2 is 2.33 bits per heavy atom. The highest BCUT2D eigenvalue weighted by molar-refractivity contribution is 5.81. The summed E-state index contributed by atoms with van der Waals surface area (Å²) in [6, 6.07) is 1.61. The van der Waals surface area contributed by atoms with Crippen molar-refractivity contribution in [1.29, 1.82) is 0 Å². The Morgan fingerprint density at radius 3 is 2.80 bits per heavy atom. The second-order valence-electron chi connectivity index (χ2n) is 3.66. The number of ether oxygens (including phenoxy) is 1. The van der Waals surface area contributed by atoms with Gasteiger partial charge in [-0.1, -0.05) is 6.42 Å². The smallest absolute Gasteiger partial charge is 0.317 e. The fourth-order valence-corrected chi connectivity index (χ4v) is 1.75. The Hall–Kier alpha value is -1.65. The second-order valence-corrected chi connectivity index (χ2v) is 3.66. The number of carbonyl (C=O) groups is 1. The topological polar surface area (TPSA) is 72.3 Å². The van der Waals surface area contributed by atoms with Crippen LogP contribution in [0.3, 0.4) is 0 Å². The third kappa shape index (κ3) is 1.44. The molecular formula is C10H12N2O3. The average Bonchev–Trinajstić information content (AvgIpc) is 2.16. The van der Waals surface area contributed by atoms with Crippen molar-refractivity contribution in [3.8, 4) is 5.88 Å². The number of nitrogens with zero attached hydrogens (tertiary/aromatic N) is 2. The van der Waals surface area contributed by atoms with Crippen LogP contribution in [0.1, 0.15) is 25.1 Å². The highest BCUT2D eigenvalue weighted by Gasteiger charge is 2.48. The van der Waals surface area contributed by atoms with Crippen molar-refractivity contribution in [1.82, 2.24) is 9.97 Å². The second kappa shape index (κ2) is 3.49. The van der Waals surface area contributed by atoms with E-state index in [1.54, 1.807) is 6.07 Å². The van der Waals surface area contributed by atoms with E-state index in [-0.39, 0.29) is 0 Å². The minimum absolute atomic E-state index is 0.362. The normalized spacial score (nSPS) is 17.9. The zero-order valence-corrected chi connectivity index (χ0v) is 8.43. The fraction of sp³-hybridized carbons (Fsp3) is 0.500. The molecule has 1 saturated carbocycles. The number of aliphatic carboxylic acids is 1. The predicted octanol–water partition coefficient (Wildman–Crippen LogP) is 0.992. The number of methoxy groups -OCH3 is 1. The molecule has 15 heavy (non-hydrogen) atoms. The molecule has 2 rings (SSSR count). The third-order valence-corrected chi connectivity index (χ3v) is 2.88. The van der Waals surface area contributed by atoms with Crippen molar-refractivity contribution in [2.24, 2.45) is 0 Å². The number of carboxylic acid groups (broad SMARTS) is 1. The van der Waals surface area contributed by atoms with Crippen molar-refractivity contribution in [3.05, 3.63) is 18.1 Å². The third-order valence-electron chi connectivity index (χ3n) is 2.88. The number of rotatable bonds is 3. The molecule has 1 aliphatic rings. The lowest BCUT2D eigenvalue weighted by molar-refractivity contribution is -0.147. The molecule has 1 aliphatic carbocycles. The molecular weight excluding hydrogens is 196 g/mol. The van der Waals surface area contributed by atoms with Crippen LogP contribution in [0.2, 0.25) is 0 Å². The summed E-state index contributed by atoms with van der Waals surface area (Å²) < 4.78 is 4.95. The molecule has 80 valence electrons. The Labute approximate surface area is 87.1 Å². The molecule has 0 bridgehead atoms. The van der Waals surface area contributed by atoms with Gasteiger partial charge in [0, 0.05) is 12.3 Å². The van der Waals surface area contributed by atoms with E-state index in [2.05, 4.69) is 9.97 Å². The van der Waals surface area contributed by atoms with E-state index in [0.717, 1.165) is 6.42 Å². The maximum absolute atomic E-state index is 11.2. The molecule has 5 heteroatoms. The first kappa shape index (κ1) is 9.89. The Bertz CT molecular complexity index is 388. The first-order valence-corrected chi connectivity index (χ1v) is 4.80. The van der Waals surface area contributed by atoms with Crippen LogP contribution in [0.5, 0.6) is 5.88 Å². The Morgan fingerprint density at radius 1 is 1.60 bits per heavy atom. The van der Waals surface area contributed by atoms with Gasteiger partial charge in [-0.15, -0.1) is 0 Å². The highest BCUT2D eigenvalue weighted by Crippen LogP contribution is 2.42. The molecule has 1 fully saturated rings. The Balaban J connectivity index is 2.38. The summed E-state index contributed by atoms with van der Waals surface area (Å²) in [7, 11) is 1.50.